The molecule has 1 aliphatic carbocycles. The minimum atomic E-state index is 0.132. The van der Waals surface area contributed by atoms with Crippen LogP contribution in [0.15, 0.2) is 0 Å². The largest absolute Gasteiger partial charge is 0.302 e. The number of fused-ring (bicyclic) bond motifs is 2. The summed E-state index contributed by atoms with van der Waals surface area (Å²) in [6, 6.07) is 1.19. The van der Waals surface area contributed by atoms with Crippen molar-refractivity contribution in [3.63, 3.8) is 0 Å². The third-order valence-corrected chi connectivity index (χ3v) is 6.83. The smallest absolute Gasteiger partial charge is 0.115 e. The van der Waals surface area contributed by atoms with E-state index in [-0.39, 0.29) is 5.54 Å². The number of hydrogen-bond acceptors (Lipinski definition) is 4. The minimum Gasteiger partial charge on any atom is -0.302 e. The van der Waals surface area contributed by atoms with E-state index in [1.54, 1.807) is 4.88 Å². The first-order valence-corrected chi connectivity index (χ1v) is 9.51. The van der Waals surface area contributed by atoms with Crippen LogP contribution in [0, 0.1) is 0 Å². The summed E-state index contributed by atoms with van der Waals surface area (Å²) in [7, 11) is 0. The first kappa shape index (κ1) is 14.2. The molecule has 0 spiro atoms. The Hall–Kier alpha value is -0.450. The quantitative estimate of drug-likeness (QED) is 0.930. The molecule has 4 rings (SSSR count). The summed E-state index contributed by atoms with van der Waals surface area (Å²) in [5.41, 5.74) is 1.55. The monoisotopic (exact) mass is 305 g/mol. The average Bonchev–Trinajstić information content (AvgIpc) is 3.13. The Morgan fingerprint density at radius 3 is 2.90 bits per heavy atom. The van der Waals surface area contributed by atoms with Crippen molar-refractivity contribution in [3.05, 3.63) is 15.6 Å². The van der Waals surface area contributed by atoms with Crippen molar-refractivity contribution in [3.8, 4) is 0 Å². The molecule has 2 unspecified atom stereocenters. The Labute approximate surface area is 132 Å². The number of hydrogen-bond donors (Lipinski definition) is 1. The molecule has 2 atom stereocenters. The second-order valence-corrected chi connectivity index (χ2v) is 8.39. The normalized spacial score (nSPS) is 32.6. The molecule has 1 aromatic rings. The van der Waals surface area contributed by atoms with Crippen LogP contribution in [0.2, 0.25) is 0 Å². The Balaban J connectivity index is 1.74. The maximum atomic E-state index is 5.15. The highest BCUT2D eigenvalue weighted by molar-refractivity contribution is 7.12. The molecule has 3 aliphatic rings. The predicted molar refractivity (Wildman–Crippen MR) is 87.9 cm³/mol. The van der Waals surface area contributed by atoms with Crippen molar-refractivity contribution in [1.82, 2.24) is 15.2 Å². The highest BCUT2D eigenvalue weighted by Gasteiger charge is 2.52. The lowest BCUT2D eigenvalue weighted by Crippen LogP contribution is -2.52. The average molecular weight is 305 g/mol. The summed E-state index contributed by atoms with van der Waals surface area (Å²) >= 11 is 2.02. The molecule has 116 valence electrons. The number of aromatic nitrogens is 1. The maximum Gasteiger partial charge on any atom is 0.115 e. The Bertz CT molecular complexity index is 501. The van der Waals surface area contributed by atoms with Gasteiger partial charge in [-0.1, -0.05) is 0 Å². The van der Waals surface area contributed by atoms with Gasteiger partial charge in [0, 0.05) is 23.5 Å². The first-order chi connectivity index (χ1) is 10.2. The van der Waals surface area contributed by atoms with E-state index in [9.17, 15) is 0 Å². The maximum absolute atomic E-state index is 5.15. The van der Waals surface area contributed by atoms with E-state index >= 15 is 0 Å². The van der Waals surface area contributed by atoms with Crippen LogP contribution in [-0.4, -0.2) is 35.1 Å². The van der Waals surface area contributed by atoms with Gasteiger partial charge in [0.1, 0.15) is 5.01 Å². The molecule has 1 aromatic heterocycles. The van der Waals surface area contributed by atoms with Crippen molar-refractivity contribution in [2.45, 2.75) is 76.4 Å². The predicted octanol–water partition coefficient (Wildman–Crippen LogP) is 3.08. The fourth-order valence-corrected chi connectivity index (χ4v) is 6.06. The Morgan fingerprint density at radius 2 is 2.10 bits per heavy atom. The van der Waals surface area contributed by atoms with E-state index in [1.165, 1.54) is 68.7 Å². The third kappa shape index (κ3) is 2.27. The Morgan fingerprint density at radius 1 is 1.24 bits per heavy atom. The molecular formula is C17H27N3S. The van der Waals surface area contributed by atoms with Crippen LogP contribution in [0.5, 0.6) is 0 Å². The van der Waals surface area contributed by atoms with Crippen molar-refractivity contribution in [2.75, 3.05) is 13.1 Å². The van der Waals surface area contributed by atoms with Gasteiger partial charge in [0.25, 0.3) is 0 Å². The molecule has 2 fully saturated rings. The molecule has 3 nitrogen and oxygen atoms in total. The highest BCUT2D eigenvalue weighted by Crippen LogP contribution is 2.45. The van der Waals surface area contributed by atoms with E-state index in [0.29, 0.717) is 12.1 Å². The van der Waals surface area contributed by atoms with Crippen LogP contribution in [0.1, 0.15) is 61.5 Å². The van der Waals surface area contributed by atoms with Gasteiger partial charge in [-0.2, -0.15) is 0 Å². The topological polar surface area (TPSA) is 28.2 Å². The van der Waals surface area contributed by atoms with Crippen LogP contribution in [0.25, 0.3) is 0 Å². The summed E-state index contributed by atoms with van der Waals surface area (Å²) in [5.74, 6) is 0. The van der Waals surface area contributed by atoms with Crippen molar-refractivity contribution in [1.29, 1.82) is 0 Å². The van der Waals surface area contributed by atoms with Crippen LogP contribution < -0.4 is 5.32 Å². The summed E-state index contributed by atoms with van der Waals surface area (Å²) in [4.78, 5) is 9.43. The molecule has 0 amide bonds. The van der Waals surface area contributed by atoms with Gasteiger partial charge >= 0.3 is 0 Å². The zero-order chi connectivity index (χ0) is 14.4. The number of rotatable bonds is 3. The van der Waals surface area contributed by atoms with E-state index in [0.717, 1.165) is 0 Å². The van der Waals surface area contributed by atoms with E-state index < -0.39 is 0 Å². The molecule has 3 heterocycles. The second-order valence-electron chi connectivity index (χ2n) is 7.31. The summed E-state index contributed by atoms with van der Waals surface area (Å²) in [6.45, 7) is 7.10. The van der Waals surface area contributed by atoms with Crippen molar-refractivity contribution >= 4 is 11.3 Å². The van der Waals surface area contributed by atoms with Gasteiger partial charge in [0.2, 0.25) is 0 Å². The molecule has 0 radical (unpaired) electrons. The molecular weight excluding hydrogens is 278 g/mol. The van der Waals surface area contributed by atoms with E-state index in [1.807, 2.05) is 11.3 Å². The standard InChI is InChI=1S/C17H27N3S/c1-12(2)19-17(9-11-20-10-5-8-15(17)20)16-18-13-6-3-4-7-14(13)21-16/h12,15,19H,3-11H2,1-2H3. The fraction of sp³-hybridized carbons (Fsp3) is 0.824. The van der Waals surface area contributed by atoms with Gasteiger partial charge in [-0.3, -0.25) is 4.90 Å². The molecule has 21 heavy (non-hydrogen) atoms. The SMILES string of the molecule is CC(C)NC1(c2nc3c(s2)CCCC3)CCN2CCCC21. The van der Waals surface area contributed by atoms with Crippen LogP contribution >= 0.6 is 11.3 Å². The van der Waals surface area contributed by atoms with Gasteiger partial charge in [-0.25, -0.2) is 4.98 Å². The van der Waals surface area contributed by atoms with Gasteiger partial charge in [0.15, 0.2) is 0 Å². The molecule has 0 bridgehead atoms. The fourth-order valence-electron chi connectivity index (χ4n) is 4.68. The minimum absolute atomic E-state index is 0.132. The van der Waals surface area contributed by atoms with E-state index in [2.05, 4.69) is 24.1 Å². The van der Waals surface area contributed by atoms with Gasteiger partial charge in [0.05, 0.1) is 11.2 Å². The van der Waals surface area contributed by atoms with Gasteiger partial charge < -0.3 is 5.32 Å². The van der Waals surface area contributed by atoms with Crippen LogP contribution in [-0.2, 0) is 18.4 Å². The molecule has 0 saturated carbocycles. The Kier molecular flexibility index (Phi) is 3.59. The number of nitrogens with one attached hydrogen (secondary N) is 1. The molecule has 2 saturated heterocycles. The van der Waals surface area contributed by atoms with Gasteiger partial charge in [-0.15, -0.1) is 11.3 Å². The number of aryl methyl sites for hydroxylation is 2. The summed E-state index contributed by atoms with van der Waals surface area (Å²) < 4.78 is 0. The highest BCUT2D eigenvalue weighted by atomic mass is 32.1. The van der Waals surface area contributed by atoms with Crippen molar-refractivity contribution < 1.29 is 0 Å². The lowest BCUT2D eigenvalue weighted by Gasteiger charge is -2.36. The van der Waals surface area contributed by atoms with Crippen LogP contribution in [0.4, 0.5) is 0 Å². The molecule has 1 N–H and O–H groups in total. The number of nitrogens with zero attached hydrogens (tertiary/aromatic N) is 2. The zero-order valence-corrected chi connectivity index (χ0v) is 14.1. The third-order valence-electron chi connectivity index (χ3n) is 5.50. The lowest BCUT2D eigenvalue weighted by atomic mass is 9.88. The molecule has 4 heteroatoms. The summed E-state index contributed by atoms with van der Waals surface area (Å²) in [6.07, 6.45) is 9.09. The van der Waals surface area contributed by atoms with Crippen molar-refractivity contribution in [2.24, 2.45) is 0 Å². The number of thiazole rings is 1. The second kappa shape index (κ2) is 5.32. The first-order valence-electron chi connectivity index (χ1n) is 8.70. The summed E-state index contributed by atoms with van der Waals surface area (Å²) in [5, 5.41) is 5.36. The van der Waals surface area contributed by atoms with Gasteiger partial charge in [-0.05, 0) is 65.3 Å². The molecule has 2 aliphatic heterocycles. The van der Waals surface area contributed by atoms with E-state index in [4.69, 9.17) is 4.98 Å². The van der Waals surface area contributed by atoms with Crippen LogP contribution in [0.3, 0.4) is 0 Å². The zero-order valence-electron chi connectivity index (χ0n) is 13.3. The lowest BCUT2D eigenvalue weighted by molar-refractivity contribution is 0.212. The molecule has 0 aromatic carbocycles.